The average molecular weight is 278 g/mol. The number of ether oxygens (including phenoxy) is 1. The van der Waals surface area contributed by atoms with E-state index in [4.69, 9.17) is 4.74 Å². The number of thiazole rings is 1. The molecule has 0 aliphatic carbocycles. The molecule has 0 radical (unpaired) electrons. The first-order chi connectivity index (χ1) is 9.04. The van der Waals surface area contributed by atoms with Crippen LogP contribution in [0, 0.1) is 13.8 Å². The summed E-state index contributed by atoms with van der Waals surface area (Å²) in [6.07, 6.45) is 1.60. The molecule has 0 aliphatic rings. The van der Waals surface area contributed by atoms with Crippen LogP contribution in [0.5, 0.6) is 0 Å². The first-order valence-electron chi connectivity index (χ1n) is 5.73. The second-order valence-electron chi connectivity index (χ2n) is 4.08. The summed E-state index contributed by atoms with van der Waals surface area (Å²) in [7, 11) is 1.32. The Balaban J connectivity index is 2.44. The average Bonchev–Trinajstić information content (AvgIpc) is 2.65. The van der Waals surface area contributed by atoms with Gasteiger partial charge < -0.3 is 4.74 Å². The summed E-state index contributed by atoms with van der Waals surface area (Å²) in [5, 5.41) is 0. The van der Waals surface area contributed by atoms with Crippen molar-refractivity contribution in [3.63, 3.8) is 0 Å². The van der Waals surface area contributed by atoms with E-state index in [0.29, 0.717) is 11.3 Å². The summed E-state index contributed by atoms with van der Waals surface area (Å²) >= 11 is 1.20. The van der Waals surface area contributed by atoms with Crippen LogP contribution >= 0.6 is 11.3 Å². The Morgan fingerprint density at radius 3 is 2.79 bits per heavy atom. The zero-order valence-electron chi connectivity index (χ0n) is 11.0. The summed E-state index contributed by atoms with van der Waals surface area (Å²) in [6.45, 7) is 4.06. The molecule has 2 rings (SSSR count). The van der Waals surface area contributed by atoms with Crippen LogP contribution in [0.1, 0.15) is 26.6 Å². The molecule has 2 aromatic rings. The van der Waals surface area contributed by atoms with Gasteiger partial charge >= 0.3 is 10.8 Å². The maximum absolute atomic E-state index is 11.9. The minimum atomic E-state index is -0.444. The van der Waals surface area contributed by atoms with Gasteiger partial charge in [-0.25, -0.2) is 4.79 Å². The lowest BCUT2D eigenvalue weighted by Crippen LogP contribution is -2.18. The zero-order chi connectivity index (χ0) is 14.0. The number of aryl methyl sites for hydroxylation is 1. The Hall–Kier alpha value is -1.95. The summed E-state index contributed by atoms with van der Waals surface area (Å²) in [4.78, 5) is 28.6. The normalized spacial score (nSPS) is 10.5. The minimum Gasteiger partial charge on any atom is -0.465 e. The standard InChI is InChI=1S/C13H14N2O3S/c1-8-9(2)19-13(17)15(8)7-11-10(12(16)18-3)5-4-6-14-11/h4-6H,7H2,1-3H3. The summed E-state index contributed by atoms with van der Waals surface area (Å²) in [5.41, 5.74) is 1.83. The molecule has 0 saturated carbocycles. The SMILES string of the molecule is COC(=O)c1cccnc1Cn1c(C)c(C)sc1=O. The maximum Gasteiger partial charge on any atom is 0.339 e. The van der Waals surface area contributed by atoms with E-state index in [1.807, 2.05) is 13.8 Å². The number of pyridine rings is 1. The highest BCUT2D eigenvalue weighted by Gasteiger charge is 2.15. The van der Waals surface area contributed by atoms with Gasteiger partial charge in [-0.3, -0.25) is 14.3 Å². The summed E-state index contributed by atoms with van der Waals surface area (Å²) in [5.74, 6) is -0.444. The lowest BCUT2D eigenvalue weighted by molar-refractivity contribution is 0.0598. The number of nitrogens with zero attached hydrogens (tertiary/aromatic N) is 2. The van der Waals surface area contributed by atoms with E-state index in [1.165, 1.54) is 18.4 Å². The molecular formula is C13H14N2O3S. The third-order valence-electron chi connectivity index (χ3n) is 2.98. The molecule has 0 fully saturated rings. The highest BCUT2D eigenvalue weighted by atomic mass is 32.1. The maximum atomic E-state index is 11.9. The van der Waals surface area contributed by atoms with Gasteiger partial charge in [0, 0.05) is 16.8 Å². The van der Waals surface area contributed by atoms with E-state index < -0.39 is 5.97 Å². The molecule has 0 unspecified atom stereocenters. The molecule has 0 atom stereocenters. The lowest BCUT2D eigenvalue weighted by Gasteiger charge is -2.08. The number of carbonyl (C=O) groups is 1. The molecule has 6 heteroatoms. The van der Waals surface area contributed by atoms with Crippen LogP contribution in [-0.4, -0.2) is 22.6 Å². The van der Waals surface area contributed by atoms with Crippen molar-refractivity contribution in [3.8, 4) is 0 Å². The predicted molar refractivity (Wildman–Crippen MR) is 72.7 cm³/mol. The topological polar surface area (TPSA) is 61.2 Å². The van der Waals surface area contributed by atoms with Gasteiger partial charge in [0.05, 0.1) is 24.9 Å². The molecule has 0 saturated heterocycles. The van der Waals surface area contributed by atoms with Gasteiger partial charge in [-0.1, -0.05) is 11.3 Å². The lowest BCUT2D eigenvalue weighted by atomic mass is 10.2. The van der Waals surface area contributed by atoms with Crippen LogP contribution in [0.4, 0.5) is 0 Å². The van der Waals surface area contributed by atoms with Crippen molar-refractivity contribution in [3.05, 3.63) is 49.8 Å². The fraction of sp³-hybridized carbons (Fsp3) is 0.308. The number of hydrogen-bond acceptors (Lipinski definition) is 5. The minimum absolute atomic E-state index is 0.0449. The Morgan fingerprint density at radius 2 is 2.21 bits per heavy atom. The highest BCUT2D eigenvalue weighted by molar-refractivity contribution is 7.09. The largest absolute Gasteiger partial charge is 0.465 e. The second kappa shape index (κ2) is 5.36. The van der Waals surface area contributed by atoms with Crippen molar-refractivity contribution < 1.29 is 9.53 Å². The zero-order valence-corrected chi connectivity index (χ0v) is 11.8. The number of aromatic nitrogens is 2. The molecule has 0 bridgehead atoms. The molecule has 100 valence electrons. The van der Waals surface area contributed by atoms with Gasteiger partial charge in [0.1, 0.15) is 0 Å². The van der Waals surface area contributed by atoms with Crippen molar-refractivity contribution in [1.82, 2.24) is 9.55 Å². The summed E-state index contributed by atoms with van der Waals surface area (Å²) in [6, 6.07) is 3.32. The van der Waals surface area contributed by atoms with Crippen LogP contribution in [0.2, 0.25) is 0 Å². The first kappa shape index (κ1) is 13.5. The molecular weight excluding hydrogens is 264 g/mol. The Morgan fingerprint density at radius 1 is 1.47 bits per heavy atom. The van der Waals surface area contributed by atoms with Crippen molar-refractivity contribution in [1.29, 1.82) is 0 Å². The Bertz CT molecular complexity index is 673. The van der Waals surface area contributed by atoms with Crippen LogP contribution in [0.15, 0.2) is 23.1 Å². The number of hydrogen-bond donors (Lipinski definition) is 0. The van der Waals surface area contributed by atoms with Gasteiger partial charge in [0.25, 0.3) is 0 Å². The number of rotatable bonds is 3. The van der Waals surface area contributed by atoms with Crippen LogP contribution < -0.4 is 4.87 Å². The molecule has 5 nitrogen and oxygen atoms in total. The van der Waals surface area contributed by atoms with Crippen molar-refractivity contribution in [2.75, 3.05) is 7.11 Å². The molecule has 0 amide bonds. The van der Waals surface area contributed by atoms with Gasteiger partial charge in [0.2, 0.25) is 0 Å². The second-order valence-corrected chi connectivity index (χ2v) is 5.25. The fourth-order valence-electron chi connectivity index (χ4n) is 1.78. The smallest absolute Gasteiger partial charge is 0.339 e. The molecule has 2 aromatic heterocycles. The van der Waals surface area contributed by atoms with Crippen LogP contribution in [0.25, 0.3) is 0 Å². The Kier molecular flexibility index (Phi) is 3.80. The number of methoxy groups -OCH3 is 1. The van der Waals surface area contributed by atoms with Crippen molar-refractivity contribution in [2.45, 2.75) is 20.4 Å². The Labute approximate surface area is 114 Å². The quantitative estimate of drug-likeness (QED) is 0.803. The molecule has 0 spiro atoms. The van der Waals surface area contributed by atoms with Crippen molar-refractivity contribution >= 4 is 17.3 Å². The third kappa shape index (κ3) is 2.58. The molecule has 19 heavy (non-hydrogen) atoms. The first-order valence-corrected chi connectivity index (χ1v) is 6.55. The van der Waals surface area contributed by atoms with E-state index >= 15 is 0 Å². The summed E-state index contributed by atoms with van der Waals surface area (Å²) < 4.78 is 6.34. The monoisotopic (exact) mass is 278 g/mol. The van der Waals surface area contributed by atoms with Gasteiger partial charge in [-0.05, 0) is 26.0 Å². The van der Waals surface area contributed by atoms with E-state index in [9.17, 15) is 9.59 Å². The number of carbonyl (C=O) groups excluding carboxylic acids is 1. The molecule has 0 aliphatic heterocycles. The van der Waals surface area contributed by atoms with E-state index in [1.54, 1.807) is 22.9 Å². The fourth-order valence-corrected chi connectivity index (χ4v) is 2.61. The van der Waals surface area contributed by atoms with Gasteiger partial charge in [-0.15, -0.1) is 0 Å². The van der Waals surface area contributed by atoms with Gasteiger partial charge in [0.15, 0.2) is 0 Å². The van der Waals surface area contributed by atoms with E-state index in [-0.39, 0.29) is 11.4 Å². The highest BCUT2D eigenvalue weighted by Crippen LogP contribution is 2.13. The van der Waals surface area contributed by atoms with Crippen LogP contribution in [-0.2, 0) is 11.3 Å². The van der Waals surface area contributed by atoms with Crippen molar-refractivity contribution in [2.24, 2.45) is 0 Å². The molecule has 0 aromatic carbocycles. The number of esters is 1. The van der Waals surface area contributed by atoms with E-state index in [2.05, 4.69) is 4.98 Å². The van der Waals surface area contributed by atoms with E-state index in [0.717, 1.165) is 10.6 Å². The van der Waals surface area contributed by atoms with Crippen LogP contribution in [0.3, 0.4) is 0 Å². The molecule has 0 N–H and O–H groups in total. The molecule has 2 heterocycles. The predicted octanol–water partition coefficient (Wildman–Crippen LogP) is 1.76. The van der Waals surface area contributed by atoms with Gasteiger partial charge in [-0.2, -0.15) is 0 Å². The third-order valence-corrected chi connectivity index (χ3v) is 3.98.